The van der Waals surface area contributed by atoms with Crippen molar-refractivity contribution >= 4 is 18.2 Å². The molecule has 0 aliphatic carbocycles. The summed E-state index contributed by atoms with van der Waals surface area (Å²) in [6, 6.07) is 21.5. The van der Waals surface area contributed by atoms with Crippen LogP contribution in [0, 0.1) is 13.8 Å². The van der Waals surface area contributed by atoms with Crippen LogP contribution in [0.5, 0.6) is 0 Å². The number of nitrogens with zero attached hydrogens (tertiary/aromatic N) is 4. The number of aromatic nitrogens is 4. The van der Waals surface area contributed by atoms with Crippen molar-refractivity contribution in [3.8, 4) is 16.9 Å². The number of nitrogens with one attached hydrogen (secondary N) is 2. The maximum absolute atomic E-state index is 12.5. The number of aromatic amines is 1. The Labute approximate surface area is 186 Å². The van der Waals surface area contributed by atoms with Crippen LogP contribution in [0.25, 0.3) is 23.0 Å². The Bertz CT molecular complexity index is 1280. The van der Waals surface area contributed by atoms with E-state index in [1.165, 1.54) is 0 Å². The molecule has 0 saturated heterocycles. The van der Waals surface area contributed by atoms with Crippen LogP contribution in [0.4, 0.5) is 0 Å². The normalized spacial score (nSPS) is 11.8. The summed E-state index contributed by atoms with van der Waals surface area (Å²) >= 11 is 0. The molecule has 0 spiro atoms. The number of hydrogen-bond acceptors (Lipinski definition) is 4. The third kappa shape index (κ3) is 4.57. The van der Waals surface area contributed by atoms with Crippen LogP contribution in [-0.4, -0.2) is 32.1 Å². The minimum atomic E-state index is -0.363. The van der Waals surface area contributed by atoms with Gasteiger partial charge in [-0.25, -0.2) is 10.1 Å². The third-order valence-electron chi connectivity index (χ3n) is 5.00. The van der Waals surface area contributed by atoms with Crippen LogP contribution in [0.2, 0.25) is 0 Å². The highest BCUT2D eigenvalue weighted by molar-refractivity contribution is 5.94. The van der Waals surface area contributed by atoms with Gasteiger partial charge in [0, 0.05) is 5.56 Å². The predicted molar refractivity (Wildman–Crippen MR) is 127 cm³/mol. The van der Waals surface area contributed by atoms with Crippen LogP contribution in [0.15, 0.2) is 77.4 Å². The van der Waals surface area contributed by atoms with E-state index in [1.807, 2.05) is 92.2 Å². The molecule has 0 radical (unpaired) electrons. The first-order valence-corrected chi connectivity index (χ1v) is 10.3. The number of carbonyl (C=O) groups excluding carboxylic acids is 1. The quantitative estimate of drug-likeness (QED) is 0.347. The highest BCUT2D eigenvalue weighted by atomic mass is 16.2. The summed E-state index contributed by atoms with van der Waals surface area (Å²) < 4.78 is 1.88. The fraction of sp³-hybridized carbons (Fsp3) is 0.120. The highest BCUT2D eigenvalue weighted by Crippen LogP contribution is 2.27. The molecular formula is C25H24N6O. The van der Waals surface area contributed by atoms with Gasteiger partial charge in [0.05, 0.1) is 29.0 Å². The van der Waals surface area contributed by atoms with Crippen LogP contribution in [-0.2, 0) is 0 Å². The maximum atomic E-state index is 12.5. The van der Waals surface area contributed by atoms with Gasteiger partial charge in [0.1, 0.15) is 5.69 Å². The van der Waals surface area contributed by atoms with Crippen molar-refractivity contribution in [2.75, 3.05) is 0 Å². The minimum absolute atomic E-state index is 0.327. The molecule has 7 nitrogen and oxygen atoms in total. The van der Waals surface area contributed by atoms with Gasteiger partial charge in [0.2, 0.25) is 0 Å². The van der Waals surface area contributed by atoms with Gasteiger partial charge in [-0.1, -0.05) is 54.6 Å². The molecule has 160 valence electrons. The van der Waals surface area contributed by atoms with Crippen LogP contribution in [0.1, 0.15) is 34.4 Å². The Morgan fingerprint density at radius 1 is 1.06 bits per heavy atom. The molecule has 0 fully saturated rings. The van der Waals surface area contributed by atoms with Crippen LogP contribution >= 0.6 is 0 Å². The molecule has 0 saturated carbocycles. The summed E-state index contributed by atoms with van der Waals surface area (Å²) in [7, 11) is 0. The first-order valence-electron chi connectivity index (χ1n) is 10.3. The molecule has 2 N–H and O–H groups in total. The lowest BCUT2D eigenvalue weighted by Crippen LogP contribution is -2.17. The van der Waals surface area contributed by atoms with Crippen LogP contribution in [0.3, 0.4) is 0 Å². The molecule has 0 aliphatic rings. The second-order valence-corrected chi connectivity index (χ2v) is 7.46. The molecule has 7 heteroatoms. The SMILES string of the molecule is CC(/C=N\NC(=O)c1cc(-c2c(C)nn(-c3ccccc3)c2C)n[nH]1)=C\c1ccccc1. The number of H-pyrrole nitrogens is 1. The summed E-state index contributed by atoms with van der Waals surface area (Å²) in [5, 5.41) is 15.8. The number of hydrogen-bond donors (Lipinski definition) is 2. The molecule has 4 rings (SSSR count). The fourth-order valence-corrected chi connectivity index (χ4v) is 3.50. The van der Waals surface area contributed by atoms with E-state index in [0.717, 1.165) is 33.8 Å². The number of rotatable bonds is 6. The molecule has 2 heterocycles. The van der Waals surface area contributed by atoms with Crippen LogP contribution < -0.4 is 5.43 Å². The lowest BCUT2D eigenvalue weighted by Gasteiger charge is -2.04. The molecule has 2 aromatic heterocycles. The molecule has 4 aromatic rings. The number of carbonyl (C=O) groups is 1. The van der Waals surface area contributed by atoms with E-state index in [-0.39, 0.29) is 5.91 Å². The van der Waals surface area contributed by atoms with E-state index >= 15 is 0 Å². The molecule has 32 heavy (non-hydrogen) atoms. The van der Waals surface area contributed by atoms with Gasteiger partial charge < -0.3 is 0 Å². The molecule has 0 atom stereocenters. The van der Waals surface area contributed by atoms with Gasteiger partial charge in [-0.3, -0.25) is 9.89 Å². The summed E-state index contributed by atoms with van der Waals surface area (Å²) in [5.41, 5.74) is 9.18. The largest absolute Gasteiger partial charge is 0.289 e. The van der Waals surface area contributed by atoms with Gasteiger partial charge >= 0.3 is 0 Å². The van der Waals surface area contributed by atoms with E-state index in [4.69, 9.17) is 0 Å². The summed E-state index contributed by atoms with van der Waals surface area (Å²) in [4.78, 5) is 12.5. The van der Waals surface area contributed by atoms with Crippen molar-refractivity contribution in [3.63, 3.8) is 0 Å². The van der Waals surface area contributed by atoms with E-state index in [9.17, 15) is 4.79 Å². The van der Waals surface area contributed by atoms with Gasteiger partial charge in [-0.2, -0.15) is 15.3 Å². The second-order valence-electron chi connectivity index (χ2n) is 7.46. The van der Waals surface area contributed by atoms with E-state index in [2.05, 4.69) is 25.8 Å². The number of amides is 1. The standard InChI is InChI=1S/C25H24N6O/c1-17(14-20-10-6-4-7-11-20)16-26-29-25(32)23-15-22(27-28-23)24-18(2)30-31(19(24)3)21-12-8-5-9-13-21/h4-16H,1-3H3,(H,27,28)(H,29,32)/b17-14+,26-16-. The number of benzene rings is 2. The zero-order chi connectivity index (χ0) is 22.5. The molecule has 0 aliphatic heterocycles. The number of allylic oxidation sites excluding steroid dienone is 1. The number of para-hydroxylation sites is 1. The summed E-state index contributed by atoms with van der Waals surface area (Å²) in [5.74, 6) is -0.363. The Hall–Kier alpha value is -4.26. The van der Waals surface area contributed by atoms with Crippen molar-refractivity contribution in [2.24, 2.45) is 5.10 Å². The topological polar surface area (TPSA) is 88.0 Å². The Morgan fingerprint density at radius 3 is 2.47 bits per heavy atom. The van der Waals surface area contributed by atoms with Gasteiger partial charge in [-0.15, -0.1) is 0 Å². The van der Waals surface area contributed by atoms with Crippen molar-refractivity contribution < 1.29 is 4.79 Å². The molecular weight excluding hydrogens is 400 g/mol. The predicted octanol–water partition coefficient (Wildman–Crippen LogP) is 4.70. The summed E-state index contributed by atoms with van der Waals surface area (Å²) in [6.07, 6.45) is 3.60. The molecule has 0 bridgehead atoms. The Morgan fingerprint density at radius 2 is 1.75 bits per heavy atom. The molecule has 0 unspecified atom stereocenters. The highest BCUT2D eigenvalue weighted by Gasteiger charge is 2.18. The van der Waals surface area contributed by atoms with Crippen molar-refractivity contribution in [2.45, 2.75) is 20.8 Å². The zero-order valence-corrected chi connectivity index (χ0v) is 18.2. The van der Waals surface area contributed by atoms with Crippen molar-refractivity contribution in [3.05, 3.63) is 94.9 Å². The smallest absolute Gasteiger partial charge is 0.272 e. The fourth-order valence-electron chi connectivity index (χ4n) is 3.50. The van der Waals surface area contributed by atoms with Crippen molar-refractivity contribution in [1.82, 2.24) is 25.4 Å². The molecule has 2 aromatic carbocycles. The number of aryl methyl sites for hydroxylation is 1. The summed E-state index contributed by atoms with van der Waals surface area (Å²) in [6.45, 7) is 5.85. The van der Waals surface area contributed by atoms with Gasteiger partial charge in [0.25, 0.3) is 5.91 Å². The van der Waals surface area contributed by atoms with Gasteiger partial charge in [0.15, 0.2) is 0 Å². The first kappa shape index (κ1) is 21.0. The Kier molecular flexibility index (Phi) is 6.07. The molecule has 1 amide bonds. The average Bonchev–Trinajstić information content (AvgIpc) is 3.39. The van der Waals surface area contributed by atoms with E-state index < -0.39 is 0 Å². The number of hydrazone groups is 1. The first-order chi connectivity index (χ1) is 15.5. The Balaban J connectivity index is 1.48. The lowest BCUT2D eigenvalue weighted by atomic mass is 10.1. The lowest BCUT2D eigenvalue weighted by molar-refractivity contribution is 0.0950. The maximum Gasteiger partial charge on any atom is 0.289 e. The average molecular weight is 425 g/mol. The van der Waals surface area contributed by atoms with Crippen molar-refractivity contribution in [1.29, 1.82) is 0 Å². The second kappa shape index (κ2) is 9.26. The van der Waals surface area contributed by atoms with Gasteiger partial charge in [-0.05, 0) is 50.1 Å². The zero-order valence-electron chi connectivity index (χ0n) is 18.2. The van der Waals surface area contributed by atoms with E-state index in [1.54, 1.807) is 12.3 Å². The van der Waals surface area contributed by atoms with E-state index in [0.29, 0.717) is 11.4 Å². The monoisotopic (exact) mass is 424 g/mol. The minimum Gasteiger partial charge on any atom is -0.272 e. The third-order valence-corrected chi connectivity index (χ3v) is 5.00.